The van der Waals surface area contributed by atoms with Gasteiger partial charge in [-0.25, -0.2) is 4.98 Å². The highest BCUT2D eigenvalue weighted by molar-refractivity contribution is 7.32. The van der Waals surface area contributed by atoms with Crippen molar-refractivity contribution in [3.05, 3.63) is 71.4 Å². The Morgan fingerprint density at radius 2 is 1.72 bits per heavy atom. The van der Waals surface area contributed by atoms with Crippen molar-refractivity contribution in [3.8, 4) is 0 Å². The van der Waals surface area contributed by atoms with Gasteiger partial charge < -0.3 is 30.3 Å². The van der Waals surface area contributed by atoms with Gasteiger partial charge >= 0.3 is 6.18 Å². The van der Waals surface area contributed by atoms with Gasteiger partial charge in [0.25, 0.3) is 5.91 Å². The number of nitrogens with zero attached hydrogens (tertiary/aromatic N) is 2. The molecule has 0 aliphatic rings. The number of amides is 1. The van der Waals surface area contributed by atoms with E-state index in [0.717, 1.165) is 5.56 Å². The van der Waals surface area contributed by atoms with Crippen molar-refractivity contribution in [2.75, 3.05) is 37.5 Å². The number of hydrogen-bond donors (Lipinski definition) is 4. The summed E-state index contributed by atoms with van der Waals surface area (Å²) in [5.41, 5.74) is 0.773. The highest BCUT2D eigenvalue weighted by Gasteiger charge is 2.35. The summed E-state index contributed by atoms with van der Waals surface area (Å²) >= 11 is 0. The Kier molecular flexibility index (Phi) is 13.0. The quantitative estimate of drug-likeness (QED) is 0.208. The molecular formula is C26H33F3N5O4P. The lowest BCUT2D eigenvalue weighted by Gasteiger charge is -2.18. The zero-order valence-corrected chi connectivity index (χ0v) is 23.1. The summed E-state index contributed by atoms with van der Waals surface area (Å²) in [6.45, 7) is 6.85. The molecule has 0 fully saturated rings. The molecular weight excluding hydrogens is 534 g/mol. The molecule has 2 atom stereocenters. The number of aromatic nitrogens is 2. The van der Waals surface area contributed by atoms with Gasteiger partial charge in [-0.2, -0.15) is 18.2 Å². The highest BCUT2D eigenvalue weighted by Crippen LogP contribution is 2.38. The minimum atomic E-state index is -4.71. The van der Waals surface area contributed by atoms with Gasteiger partial charge in [-0.15, -0.1) is 0 Å². The third kappa shape index (κ3) is 9.74. The smallest absolute Gasteiger partial charge is 0.397 e. The van der Waals surface area contributed by atoms with E-state index in [4.69, 9.17) is 14.4 Å². The molecule has 0 saturated carbocycles. The Bertz CT molecular complexity index is 1180. The zero-order chi connectivity index (χ0) is 28.8. The van der Waals surface area contributed by atoms with Crippen LogP contribution in [-0.2, 0) is 15.4 Å². The molecule has 0 aliphatic heterocycles. The van der Waals surface area contributed by atoms with Crippen LogP contribution in [0, 0.1) is 0 Å². The van der Waals surface area contributed by atoms with Gasteiger partial charge in [-0.1, -0.05) is 24.3 Å². The average molecular weight is 568 g/mol. The van der Waals surface area contributed by atoms with Crippen LogP contribution in [0.4, 0.5) is 36.3 Å². The van der Waals surface area contributed by atoms with Crippen LogP contribution in [0.25, 0.3) is 0 Å². The number of alkyl halides is 3. The Hall–Kier alpha value is -3.31. The van der Waals surface area contributed by atoms with E-state index in [1.165, 1.54) is 19.2 Å². The van der Waals surface area contributed by atoms with Crippen LogP contribution in [0.3, 0.4) is 0 Å². The molecule has 0 radical (unpaired) electrons. The number of aliphatic hydroxyl groups is 1. The second-order valence-electron chi connectivity index (χ2n) is 7.65. The van der Waals surface area contributed by atoms with Crippen molar-refractivity contribution in [1.82, 2.24) is 15.3 Å². The van der Waals surface area contributed by atoms with Crippen molar-refractivity contribution in [2.24, 2.45) is 0 Å². The Morgan fingerprint density at radius 1 is 1.05 bits per heavy atom. The molecule has 0 spiro atoms. The lowest BCUT2D eigenvalue weighted by molar-refractivity contribution is -0.137. The van der Waals surface area contributed by atoms with Crippen LogP contribution in [-0.4, -0.2) is 47.8 Å². The Morgan fingerprint density at radius 3 is 2.31 bits per heavy atom. The number of halogens is 3. The number of carbonyl (C=O) groups is 1. The molecule has 2 aromatic carbocycles. The summed E-state index contributed by atoms with van der Waals surface area (Å²) in [4.78, 5) is 20.0. The molecule has 1 amide bonds. The van der Waals surface area contributed by atoms with E-state index in [9.17, 15) is 18.0 Å². The lowest BCUT2D eigenvalue weighted by Crippen LogP contribution is -2.20. The molecule has 39 heavy (non-hydrogen) atoms. The normalized spacial score (nSPS) is 12.0. The predicted molar refractivity (Wildman–Crippen MR) is 147 cm³/mol. The third-order valence-corrected chi connectivity index (χ3v) is 6.05. The number of nitrogens with one attached hydrogen (secondary N) is 3. The summed E-state index contributed by atoms with van der Waals surface area (Å²) in [6, 6.07) is 13.4. The molecule has 9 nitrogen and oxygen atoms in total. The Balaban J connectivity index is 0.00000170. The van der Waals surface area contributed by atoms with Gasteiger partial charge in [0.2, 0.25) is 5.95 Å². The summed E-state index contributed by atoms with van der Waals surface area (Å²) in [7, 11) is 1.58. The largest absolute Gasteiger partial charge is 0.421 e. The number of carbonyl (C=O) groups excluding carboxylic acids is 1. The molecule has 1 aromatic heterocycles. The maximum Gasteiger partial charge on any atom is 0.421 e. The average Bonchev–Trinajstić information content (AvgIpc) is 2.91. The van der Waals surface area contributed by atoms with E-state index in [0.29, 0.717) is 25.1 Å². The van der Waals surface area contributed by atoms with Crippen LogP contribution >= 0.6 is 8.81 Å². The number of rotatable bonds is 11. The van der Waals surface area contributed by atoms with Gasteiger partial charge in [0.1, 0.15) is 17.2 Å². The summed E-state index contributed by atoms with van der Waals surface area (Å²) in [5, 5.41) is 15.6. The standard InChI is InChI=1S/C24H27F3N5O3P.C2H6O/c1-4-34-22(36-35-5-2)15-10-12-16(13-11-15)30-23-29-14-18(24(25,26)27)20(32-23)31-19-9-7-6-8-17(19)21(33)28-3;1-2-3/h6-14,22,36H,4-5H2,1-3H3,(H,28,33)(H2,29,30,31,32);3H,2H2,1H3. The Labute approximate surface area is 227 Å². The van der Waals surface area contributed by atoms with Gasteiger partial charge in [0.15, 0.2) is 0 Å². The lowest BCUT2D eigenvalue weighted by atomic mass is 10.1. The van der Waals surface area contributed by atoms with E-state index in [1.807, 2.05) is 26.0 Å². The molecule has 4 N–H and O–H groups in total. The van der Waals surface area contributed by atoms with Crippen LogP contribution in [0.1, 0.15) is 48.1 Å². The van der Waals surface area contributed by atoms with Crippen molar-refractivity contribution in [1.29, 1.82) is 0 Å². The first-order valence-electron chi connectivity index (χ1n) is 12.2. The minimum absolute atomic E-state index is 0.0479. The molecule has 1 heterocycles. The summed E-state index contributed by atoms with van der Waals surface area (Å²) < 4.78 is 52.2. The molecule has 13 heteroatoms. The summed E-state index contributed by atoms with van der Waals surface area (Å²) in [5.74, 6) is -1.19. The fourth-order valence-electron chi connectivity index (χ4n) is 3.19. The monoisotopic (exact) mass is 567 g/mol. The number of aliphatic hydroxyl groups excluding tert-OH is 1. The SMILES string of the molecule is CCO.CCOPC(OCC)c1ccc(Nc2ncc(C(F)(F)F)c(Nc3ccccc3C(=O)NC)n2)cc1. The third-order valence-electron chi connectivity index (χ3n) is 4.88. The van der Waals surface area contributed by atoms with Crippen molar-refractivity contribution >= 4 is 37.9 Å². The molecule has 3 aromatic rings. The van der Waals surface area contributed by atoms with Crippen molar-refractivity contribution in [2.45, 2.75) is 32.8 Å². The highest BCUT2D eigenvalue weighted by atomic mass is 31.1. The molecule has 2 unspecified atom stereocenters. The van der Waals surface area contributed by atoms with Crippen molar-refractivity contribution in [3.63, 3.8) is 0 Å². The van der Waals surface area contributed by atoms with Gasteiger partial charge in [0, 0.05) is 47.6 Å². The van der Waals surface area contributed by atoms with Crippen LogP contribution in [0.2, 0.25) is 0 Å². The first-order chi connectivity index (χ1) is 18.7. The van der Waals surface area contributed by atoms with E-state index >= 15 is 0 Å². The van der Waals surface area contributed by atoms with Crippen LogP contribution in [0.15, 0.2) is 54.7 Å². The second-order valence-corrected chi connectivity index (χ2v) is 8.70. The first-order valence-corrected chi connectivity index (χ1v) is 13.2. The van der Waals surface area contributed by atoms with E-state index in [-0.39, 0.29) is 38.5 Å². The predicted octanol–water partition coefficient (Wildman–Crippen LogP) is 6.01. The zero-order valence-electron chi connectivity index (χ0n) is 22.1. The molecule has 212 valence electrons. The van der Waals surface area contributed by atoms with Gasteiger partial charge in [-0.05, 0) is 50.6 Å². The van der Waals surface area contributed by atoms with Gasteiger partial charge in [-0.3, -0.25) is 4.79 Å². The molecule has 0 aliphatic carbocycles. The number of hydrogen-bond acceptors (Lipinski definition) is 8. The number of ether oxygens (including phenoxy) is 1. The summed E-state index contributed by atoms with van der Waals surface area (Å²) in [6.07, 6.45) is -4.01. The van der Waals surface area contributed by atoms with E-state index in [1.54, 1.807) is 31.2 Å². The van der Waals surface area contributed by atoms with E-state index < -0.39 is 23.5 Å². The number of para-hydroxylation sites is 1. The number of anilines is 4. The van der Waals surface area contributed by atoms with Gasteiger partial charge in [0.05, 0.1) is 11.3 Å². The number of benzene rings is 2. The van der Waals surface area contributed by atoms with Crippen LogP contribution < -0.4 is 16.0 Å². The maximum absolute atomic E-state index is 13.7. The van der Waals surface area contributed by atoms with Crippen LogP contribution in [0.5, 0.6) is 0 Å². The molecule has 0 saturated heterocycles. The maximum atomic E-state index is 13.7. The first kappa shape index (κ1) is 31.9. The second kappa shape index (κ2) is 15.9. The molecule has 0 bridgehead atoms. The fourth-order valence-corrected chi connectivity index (χ4v) is 4.07. The van der Waals surface area contributed by atoms with E-state index in [2.05, 4.69) is 25.9 Å². The topological polar surface area (TPSA) is 118 Å². The minimum Gasteiger partial charge on any atom is -0.397 e. The molecule has 3 rings (SSSR count). The fraction of sp³-hybridized carbons (Fsp3) is 0.346. The van der Waals surface area contributed by atoms with Crippen molar-refractivity contribution < 1.29 is 32.3 Å².